The number of hydrogen-bond donors (Lipinski definition) is 1. The molecule has 0 aliphatic carbocycles. The first-order valence-electron chi connectivity index (χ1n) is 6.73. The Hall–Kier alpha value is 0.170. The molecule has 2 fully saturated rings. The summed E-state index contributed by atoms with van der Waals surface area (Å²) in [5, 5.41) is 3.48. The van der Waals surface area contributed by atoms with E-state index in [1.807, 2.05) is 0 Å². The van der Waals surface area contributed by atoms with Crippen LogP contribution in [0, 0.1) is 11.3 Å². The van der Waals surface area contributed by atoms with Gasteiger partial charge in [0, 0.05) is 26.2 Å². The van der Waals surface area contributed by atoms with Crippen LogP contribution in [0.25, 0.3) is 0 Å². The Balaban J connectivity index is 0.00000144. The van der Waals surface area contributed by atoms with Crippen LogP contribution >= 0.6 is 12.4 Å². The first-order chi connectivity index (χ1) is 7.72. The highest BCUT2D eigenvalue weighted by Crippen LogP contribution is 2.28. The van der Waals surface area contributed by atoms with Crippen molar-refractivity contribution in [2.75, 3.05) is 45.9 Å². The van der Waals surface area contributed by atoms with E-state index in [4.69, 9.17) is 4.74 Å². The van der Waals surface area contributed by atoms with Crippen molar-refractivity contribution in [1.82, 2.24) is 10.2 Å². The molecule has 2 unspecified atom stereocenters. The highest BCUT2D eigenvalue weighted by molar-refractivity contribution is 5.85. The second-order valence-corrected chi connectivity index (χ2v) is 5.79. The van der Waals surface area contributed by atoms with Gasteiger partial charge in [-0.1, -0.05) is 6.92 Å². The molecule has 17 heavy (non-hydrogen) atoms. The summed E-state index contributed by atoms with van der Waals surface area (Å²) in [6.07, 6.45) is 2.66. The topological polar surface area (TPSA) is 24.5 Å². The number of nitrogens with zero attached hydrogens (tertiary/aromatic N) is 1. The Labute approximate surface area is 112 Å². The lowest BCUT2D eigenvalue weighted by Gasteiger charge is -2.29. The highest BCUT2D eigenvalue weighted by Gasteiger charge is 2.33. The normalized spacial score (nSPS) is 33.9. The number of likely N-dealkylation sites (tertiary alicyclic amines) is 1. The molecule has 3 nitrogen and oxygen atoms in total. The van der Waals surface area contributed by atoms with Crippen LogP contribution < -0.4 is 5.32 Å². The number of hydrogen-bond acceptors (Lipinski definition) is 3. The van der Waals surface area contributed by atoms with Crippen LogP contribution in [0.1, 0.15) is 26.7 Å². The minimum atomic E-state index is 0. The zero-order valence-electron chi connectivity index (χ0n) is 11.2. The molecule has 2 saturated heterocycles. The van der Waals surface area contributed by atoms with E-state index < -0.39 is 0 Å². The number of ether oxygens (including phenoxy) is 1. The molecule has 2 rings (SSSR count). The smallest absolute Gasteiger partial charge is 0.0506 e. The van der Waals surface area contributed by atoms with E-state index in [0.29, 0.717) is 5.41 Å². The minimum Gasteiger partial charge on any atom is -0.381 e. The summed E-state index contributed by atoms with van der Waals surface area (Å²) in [7, 11) is 0. The van der Waals surface area contributed by atoms with Gasteiger partial charge in [-0.15, -0.1) is 12.4 Å². The molecule has 2 heterocycles. The zero-order valence-corrected chi connectivity index (χ0v) is 12.0. The molecule has 0 radical (unpaired) electrons. The van der Waals surface area contributed by atoms with Gasteiger partial charge in [-0.05, 0) is 44.2 Å². The third-order valence-corrected chi connectivity index (χ3v) is 3.99. The molecule has 0 saturated carbocycles. The van der Waals surface area contributed by atoms with Gasteiger partial charge in [0.05, 0.1) is 6.61 Å². The van der Waals surface area contributed by atoms with Crippen LogP contribution in [0.15, 0.2) is 0 Å². The molecule has 4 heteroatoms. The van der Waals surface area contributed by atoms with Crippen molar-refractivity contribution in [1.29, 1.82) is 0 Å². The van der Waals surface area contributed by atoms with Gasteiger partial charge in [-0.25, -0.2) is 0 Å². The fourth-order valence-corrected chi connectivity index (χ4v) is 3.02. The number of nitrogens with one attached hydrogen (secondary N) is 1. The van der Waals surface area contributed by atoms with Gasteiger partial charge >= 0.3 is 0 Å². The molecule has 2 aliphatic heterocycles. The fraction of sp³-hybridized carbons (Fsp3) is 1.00. The number of halogens is 1. The summed E-state index contributed by atoms with van der Waals surface area (Å²) in [6, 6.07) is 0. The minimum absolute atomic E-state index is 0. The van der Waals surface area contributed by atoms with E-state index in [-0.39, 0.29) is 12.4 Å². The first-order valence-corrected chi connectivity index (χ1v) is 6.73. The first kappa shape index (κ1) is 15.2. The quantitative estimate of drug-likeness (QED) is 0.817. The van der Waals surface area contributed by atoms with Crippen molar-refractivity contribution in [2.45, 2.75) is 26.7 Å². The van der Waals surface area contributed by atoms with Crippen molar-refractivity contribution in [3.8, 4) is 0 Å². The Morgan fingerprint density at radius 2 is 2.29 bits per heavy atom. The molecule has 0 spiro atoms. The van der Waals surface area contributed by atoms with Gasteiger partial charge in [-0.3, -0.25) is 0 Å². The largest absolute Gasteiger partial charge is 0.381 e. The third kappa shape index (κ3) is 4.40. The molecule has 0 aromatic rings. The van der Waals surface area contributed by atoms with Crippen molar-refractivity contribution >= 4 is 12.4 Å². The van der Waals surface area contributed by atoms with E-state index in [1.165, 1.54) is 45.6 Å². The predicted octanol–water partition coefficient (Wildman–Crippen LogP) is 1.77. The molecule has 0 amide bonds. The van der Waals surface area contributed by atoms with Crippen LogP contribution in [-0.2, 0) is 4.74 Å². The Morgan fingerprint density at radius 3 is 2.94 bits per heavy atom. The van der Waals surface area contributed by atoms with Gasteiger partial charge in [-0.2, -0.15) is 0 Å². The summed E-state index contributed by atoms with van der Waals surface area (Å²) in [5.41, 5.74) is 0.514. The summed E-state index contributed by atoms with van der Waals surface area (Å²) in [5.74, 6) is 0.776. The van der Waals surface area contributed by atoms with Crippen molar-refractivity contribution < 1.29 is 4.74 Å². The van der Waals surface area contributed by atoms with Gasteiger partial charge in [0.2, 0.25) is 0 Å². The van der Waals surface area contributed by atoms with Crippen molar-refractivity contribution in [2.24, 2.45) is 11.3 Å². The summed E-state index contributed by atoms with van der Waals surface area (Å²) >= 11 is 0. The Bertz CT molecular complexity index is 219. The third-order valence-electron chi connectivity index (χ3n) is 3.99. The molecule has 2 atom stereocenters. The van der Waals surface area contributed by atoms with Crippen LogP contribution in [0.5, 0.6) is 0 Å². The standard InChI is InChI=1S/C13H26N2O.ClH/c1-3-16-9-12-4-7-15(8-12)11-13(2)5-6-14-10-13;/h12,14H,3-11H2,1-2H3;1H. The highest BCUT2D eigenvalue weighted by atomic mass is 35.5. The van der Waals surface area contributed by atoms with Crippen LogP contribution in [0.3, 0.4) is 0 Å². The summed E-state index contributed by atoms with van der Waals surface area (Å²) in [4.78, 5) is 2.64. The van der Waals surface area contributed by atoms with E-state index in [1.54, 1.807) is 0 Å². The molecule has 2 aliphatic rings. The maximum absolute atomic E-state index is 5.52. The van der Waals surface area contributed by atoms with E-state index >= 15 is 0 Å². The average molecular weight is 263 g/mol. The molecule has 0 bridgehead atoms. The SMILES string of the molecule is CCOCC1CCN(CC2(C)CCNC2)C1.Cl. The second kappa shape index (κ2) is 6.93. The van der Waals surface area contributed by atoms with Crippen LogP contribution in [0.4, 0.5) is 0 Å². The maximum Gasteiger partial charge on any atom is 0.0506 e. The molecular formula is C13H27ClN2O. The van der Waals surface area contributed by atoms with Crippen molar-refractivity contribution in [3.05, 3.63) is 0 Å². The fourth-order valence-electron chi connectivity index (χ4n) is 3.02. The van der Waals surface area contributed by atoms with Crippen LogP contribution in [-0.4, -0.2) is 50.8 Å². The molecular weight excluding hydrogens is 236 g/mol. The molecule has 0 aromatic heterocycles. The monoisotopic (exact) mass is 262 g/mol. The van der Waals surface area contributed by atoms with Gasteiger partial charge in [0.25, 0.3) is 0 Å². The average Bonchev–Trinajstić information content (AvgIpc) is 2.85. The molecule has 1 N–H and O–H groups in total. The zero-order chi connectivity index (χ0) is 11.4. The van der Waals surface area contributed by atoms with Gasteiger partial charge in [0.15, 0.2) is 0 Å². The van der Waals surface area contributed by atoms with E-state index in [9.17, 15) is 0 Å². The summed E-state index contributed by atoms with van der Waals surface area (Å²) < 4.78 is 5.52. The second-order valence-electron chi connectivity index (χ2n) is 5.79. The lowest BCUT2D eigenvalue weighted by atomic mass is 9.89. The molecule has 0 aromatic carbocycles. The van der Waals surface area contributed by atoms with E-state index in [2.05, 4.69) is 24.1 Å². The van der Waals surface area contributed by atoms with Gasteiger partial charge in [0.1, 0.15) is 0 Å². The Kier molecular flexibility index (Phi) is 6.21. The van der Waals surface area contributed by atoms with Gasteiger partial charge < -0.3 is 15.0 Å². The Morgan fingerprint density at radius 1 is 1.47 bits per heavy atom. The predicted molar refractivity (Wildman–Crippen MR) is 73.9 cm³/mol. The molecule has 102 valence electrons. The maximum atomic E-state index is 5.52. The summed E-state index contributed by atoms with van der Waals surface area (Å²) in [6.45, 7) is 12.5. The van der Waals surface area contributed by atoms with E-state index in [0.717, 1.165) is 19.1 Å². The lowest BCUT2D eigenvalue weighted by molar-refractivity contribution is 0.109. The van der Waals surface area contributed by atoms with Crippen molar-refractivity contribution in [3.63, 3.8) is 0 Å². The van der Waals surface area contributed by atoms with Crippen LogP contribution in [0.2, 0.25) is 0 Å². The lowest BCUT2D eigenvalue weighted by Crippen LogP contribution is -2.36. The number of rotatable bonds is 5.